The second-order valence-corrected chi connectivity index (χ2v) is 7.88. The molecule has 0 aromatic heterocycles. The van der Waals surface area contributed by atoms with Gasteiger partial charge in [-0.05, 0) is 66.5 Å². The average molecular weight is 484 g/mol. The molecule has 8 heteroatoms. The summed E-state index contributed by atoms with van der Waals surface area (Å²) in [6, 6.07) is 7.96. The molecular weight excluding hydrogens is 460 g/mol. The van der Waals surface area contributed by atoms with Crippen LogP contribution in [0.25, 0.3) is 0 Å². The maximum Gasteiger partial charge on any atom is 0.255 e. The van der Waals surface area contributed by atoms with Gasteiger partial charge < -0.3 is 20.1 Å². The highest BCUT2D eigenvalue weighted by atomic mass is 79.9. The summed E-state index contributed by atoms with van der Waals surface area (Å²) in [6.45, 7) is 6.27. The minimum Gasteiger partial charge on any atom is -0.493 e. The minimum atomic E-state index is -0.394. The van der Waals surface area contributed by atoms with E-state index in [0.29, 0.717) is 44.4 Å². The Bertz CT molecular complexity index is 902. The molecule has 2 rings (SSSR count). The lowest BCUT2D eigenvalue weighted by Crippen LogP contribution is -2.30. The van der Waals surface area contributed by atoms with E-state index in [0.717, 1.165) is 6.42 Å². The molecule has 0 aliphatic carbocycles. The van der Waals surface area contributed by atoms with Gasteiger partial charge >= 0.3 is 0 Å². The highest BCUT2D eigenvalue weighted by Crippen LogP contribution is 2.37. The van der Waals surface area contributed by atoms with Gasteiger partial charge in [0.1, 0.15) is 0 Å². The number of benzene rings is 2. The predicted molar refractivity (Wildman–Crippen MR) is 118 cm³/mol. The number of carbonyl (C=O) groups is 2. The van der Waals surface area contributed by atoms with Crippen molar-refractivity contribution in [3.8, 4) is 11.5 Å². The second kappa shape index (κ2) is 10.5. The molecule has 0 fully saturated rings. The van der Waals surface area contributed by atoms with Gasteiger partial charge in [-0.2, -0.15) is 0 Å². The zero-order chi connectivity index (χ0) is 21.6. The van der Waals surface area contributed by atoms with E-state index >= 15 is 0 Å². The smallest absolute Gasteiger partial charge is 0.255 e. The van der Waals surface area contributed by atoms with Crippen LogP contribution in [-0.2, 0) is 0 Å². The second-order valence-electron chi connectivity index (χ2n) is 6.61. The third kappa shape index (κ3) is 6.11. The normalized spacial score (nSPS) is 10.6. The number of hydrogen-bond donors (Lipinski definition) is 2. The van der Waals surface area contributed by atoms with Crippen LogP contribution in [0.3, 0.4) is 0 Å². The van der Waals surface area contributed by atoms with Crippen molar-refractivity contribution in [3.05, 3.63) is 51.0 Å². The van der Waals surface area contributed by atoms with Crippen molar-refractivity contribution in [1.82, 2.24) is 5.32 Å². The third-order valence-corrected chi connectivity index (χ3v) is 4.76. The summed E-state index contributed by atoms with van der Waals surface area (Å²) in [5.41, 5.74) is 1.10. The molecule has 0 saturated carbocycles. The molecule has 2 aromatic rings. The summed E-state index contributed by atoms with van der Waals surface area (Å²) in [7, 11) is 1.51. The number of ether oxygens (including phenoxy) is 2. The van der Waals surface area contributed by atoms with Crippen molar-refractivity contribution >= 4 is 45.0 Å². The quantitative estimate of drug-likeness (QED) is 0.535. The van der Waals surface area contributed by atoms with E-state index in [1.165, 1.54) is 7.11 Å². The lowest BCUT2D eigenvalue weighted by molar-refractivity contribution is 0.0941. The average Bonchev–Trinajstić information content (AvgIpc) is 2.67. The molecule has 156 valence electrons. The SMILES string of the molecule is CCCOc1c(Br)cc(C(=O)Nc2cc(C(=O)NC(C)C)ccc2Cl)cc1OC. The van der Waals surface area contributed by atoms with E-state index in [4.69, 9.17) is 21.1 Å². The third-order valence-electron chi connectivity index (χ3n) is 3.84. The topological polar surface area (TPSA) is 76.7 Å². The number of amides is 2. The summed E-state index contributed by atoms with van der Waals surface area (Å²) < 4.78 is 11.6. The fourth-order valence-corrected chi connectivity index (χ4v) is 3.22. The van der Waals surface area contributed by atoms with E-state index in [2.05, 4.69) is 26.6 Å². The van der Waals surface area contributed by atoms with Crippen LogP contribution in [0, 0.1) is 0 Å². The van der Waals surface area contributed by atoms with E-state index in [1.54, 1.807) is 30.3 Å². The van der Waals surface area contributed by atoms with Gasteiger partial charge in [0.05, 0.1) is 28.9 Å². The van der Waals surface area contributed by atoms with E-state index < -0.39 is 5.91 Å². The standard InChI is InChI=1S/C21H24BrClN2O4/c1-5-8-29-19-15(22)9-14(11-18(19)28-4)21(27)25-17-10-13(6-7-16(17)23)20(26)24-12(2)3/h6-7,9-12H,5,8H2,1-4H3,(H,24,26)(H,25,27). The molecule has 29 heavy (non-hydrogen) atoms. The van der Waals surface area contributed by atoms with Crippen molar-refractivity contribution < 1.29 is 19.1 Å². The summed E-state index contributed by atoms with van der Waals surface area (Å²) in [5.74, 6) is 0.341. The van der Waals surface area contributed by atoms with Gasteiger partial charge in [-0.15, -0.1) is 0 Å². The van der Waals surface area contributed by atoms with Crippen LogP contribution in [0.1, 0.15) is 47.9 Å². The Kier molecular flexibility index (Phi) is 8.34. The lowest BCUT2D eigenvalue weighted by atomic mass is 10.1. The molecule has 2 aromatic carbocycles. The van der Waals surface area contributed by atoms with E-state index in [9.17, 15) is 9.59 Å². The van der Waals surface area contributed by atoms with Gasteiger partial charge in [0.25, 0.3) is 11.8 Å². The first-order valence-electron chi connectivity index (χ1n) is 9.18. The van der Waals surface area contributed by atoms with Crippen molar-refractivity contribution in [3.63, 3.8) is 0 Å². The van der Waals surface area contributed by atoms with Crippen molar-refractivity contribution in [2.45, 2.75) is 33.2 Å². The molecule has 6 nitrogen and oxygen atoms in total. The Morgan fingerprint density at radius 3 is 2.48 bits per heavy atom. The number of anilines is 1. The molecule has 0 aliphatic heterocycles. The van der Waals surface area contributed by atoms with Crippen LogP contribution in [0.5, 0.6) is 11.5 Å². The number of carbonyl (C=O) groups excluding carboxylic acids is 2. The number of hydrogen-bond acceptors (Lipinski definition) is 4. The Labute approximate surface area is 184 Å². The van der Waals surface area contributed by atoms with Crippen LogP contribution in [-0.4, -0.2) is 31.6 Å². The van der Waals surface area contributed by atoms with Crippen LogP contribution >= 0.6 is 27.5 Å². The molecular formula is C21H24BrClN2O4. The van der Waals surface area contributed by atoms with Crippen molar-refractivity contribution in [1.29, 1.82) is 0 Å². The first-order valence-corrected chi connectivity index (χ1v) is 10.4. The van der Waals surface area contributed by atoms with E-state index in [-0.39, 0.29) is 11.9 Å². The molecule has 0 heterocycles. The predicted octanol–water partition coefficient (Wildman–Crippen LogP) is 5.29. The molecule has 0 bridgehead atoms. The number of halogens is 2. The molecule has 0 unspecified atom stereocenters. The molecule has 0 atom stereocenters. The number of rotatable bonds is 8. The Morgan fingerprint density at radius 1 is 1.14 bits per heavy atom. The monoisotopic (exact) mass is 482 g/mol. The summed E-state index contributed by atoms with van der Waals surface area (Å²) >= 11 is 9.64. The summed E-state index contributed by atoms with van der Waals surface area (Å²) in [4.78, 5) is 25.0. The molecule has 2 amide bonds. The lowest BCUT2D eigenvalue weighted by Gasteiger charge is -2.15. The summed E-state index contributed by atoms with van der Waals surface area (Å²) in [6.07, 6.45) is 0.844. The van der Waals surface area contributed by atoms with Crippen LogP contribution < -0.4 is 20.1 Å². The van der Waals surface area contributed by atoms with Gasteiger partial charge in [0, 0.05) is 17.2 Å². The largest absolute Gasteiger partial charge is 0.493 e. The maximum atomic E-state index is 12.8. The highest BCUT2D eigenvalue weighted by molar-refractivity contribution is 9.10. The molecule has 0 spiro atoms. The number of methoxy groups -OCH3 is 1. The van der Waals surface area contributed by atoms with Crippen LogP contribution in [0.2, 0.25) is 5.02 Å². The Hall–Kier alpha value is -2.25. The molecule has 0 radical (unpaired) electrons. The van der Waals surface area contributed by atoms with Gasteiger partial charge in [0.15, 0.2) is 11.5 Å². The van der Waals surface area contributed by atoms with Crippen LogP contribution in [0.4, 0.5) is 5.69 Å². The maximum absolute atomic E-state index is 12.8. The van der Waals surface area contributed by atoms with E-state index in [1.807, 2.05) is 20.8 Å². The Morgan fingerprint density at radius 2 is 1.86 bits per heavy atom. The molecule has 2 N–H and O–H groups in total. The first kappa shape index (κ1) is 23.0. The van der Waals surface area contributed by atoms with Gasteiger partial charge in [-0.3, -0.25) is 9.59 Å². The molecule has 0 aliphatic rings. The van der Waals surface area contributed by atoms with Crippen molar-refractivity contribution in [2.24, 2.45) is 0 Å². The minimum absolute atomic E-state index is 0.00511. The zero-order valence-electron chi connectivity index (χ0n) is 16.8. The van der Waals surface area contributed by atoms with Gasteiger partial charge in [0.2, 0.25) is 0 Å². The zero-order valence-corrected chi connectivity index (χ0v) is 19.1. The fraction of sp³-hybridized carbons (Fsp3) is 0.333. The van der Waals surface area contributed by atoms with Gasteiger partial charge in [-0.25, -0.2) is 0 Å². The highest BCUT2D eigenvalue weighted by Gasteiger charge is 2.17. The van der Waals surface area contributed by atoms with Crippen molar-refractivity contribution in [2.75, 3.05) is 19.0 Å². The first-order chi connectivity index (χ1) is 13.8. The van der Waals surface area contributed by atoms with Crippen LogP contribution in [0.15, 0.2) is 34.8 Å². The summed E-state index contributed by atoms with van der Waals surface area (Å²) in [5, 5.41) is 5.88. The fourth-order valence-electron chi connectivity index (χ4n) is 2.50. The Balaban J connectivity index is 2.28. The molecule has 0 saturated heterocycles. The number of nitrogens with one attached hydrogen (secondary N) is 2. The van der Waals surface area contributed by atoms with Gasteiger partial charge in [-0.1, -0.05) is 18.5 Å².